The molecule has 4 nitrogen and oxygen atoms in total. The molecule has 114 valence electrons. The van der Waals surface area contributed by atoms with Crippen molar-refractivity contribution in [3.63, 3.8) is 0 Å². The molecular weight excluding hydrogens is 259 g/mol. The lowest BCUT2D eigenvalue weighted by Gasteiger charge is -2.22. The molecule has 1 aromatic rings. The minimum absolute atomic E-state index is 0.230. The molecule has 0 atom stereocenters. The van der Waals surface area contributed by atoms with Crippen molar-refractivity contribution in [1.29, 1.82) is 0 Å². The Bertz CT molecular complexity index is 388. The Morgan fingerprint density at radius 2 is 1.75 bits per heavy atom. The highest BCUT2D eigenvalue weighted by Gasteiger charge is 2.08. The third-order valence-corrected chi connectivity index (χ3v) is 3.09. The fourth-order valence-corrected chi connectivity index (χ4v) is 2.11. The second kappa shape index (κ2) is 9.83. The zero-order chi connectivity index (χ0) is 14.8. The summed E-state index contributed by atoms with van der Waals surface area (Å²) in [6.45, 7) is 4.14. The van der Waals surface area contributed by atoms with E-state index in [9.17, 15) is 4.39 Å². The maximum atomic E-state index is 13.5. The monoisotopic (exact) mass is 284 g/mol. The largest absolute Gasteiger partial charge is 0.385 e. The van der Waals surface area contributed by atoms with Crippen LogP contribution in [-0.2, 0) is 22.6 Å². The summed E-state index contributed by atoms with van der Waals surface area (Å²) in [6, 6.07) is 5.00. The molecule has 2 N–H and O–H groups in total. The molecule has 0 radical (unpaired) electrons. The van der Waals surface area contributed by atoms with E-state index in [0.29, 0.717) is 19.7 Å². The predicted molar refractivity (Wildman–Crippen MR) is 77.9 cm³/mol. The van der Waals surface area contributed by atoms with E-state index in [4.69, 9.17) is 15.2 Å². The van der Waals surface area contributed by atoms with E-state index in [2.05, 4.69) is 4.90 Å². The van der Waals surface area contributed by atoms with Gasteiger partial charge in [0.25, 0.3) is 0 Å². The summed E-state index contributed by atoms with van der Waals surface area (Å²) in [6.07, 6.45) is 0.944. The summed E-state index contributed by atoms with van der Waals surface area (Å²) >= 11 is 0. The maximum Gasteiger partial charge on any atom is 0.123 e. The van der Waals surface area contributed by atoms with Crippen molar-refractivity contribution >= 4 is 0 Å². The normalized spacial score (nSPS) is 11.2. The van der Waals surface area contributed by atoms with E-state index in [1.807, 2.05) is 6.07 Å². The summed E-state index contributed by atoms with van der Waals surface area (Å²) in [5.74, 6) is -0.230. The fraction of sp³-hybridized carbons (Fsp3) is 0.600. The van der Waals surface area contributed by atoms with Crippen LogP contribution in [0.2, 0.25) is 0 Å². The van der Waals surface area contributed by atoms with Crippen LogP contribution >= 0.6 is 0 Å². The van der Waals surface area contributed by atoms with Gasteiger partial charge in [-0.05, 0) is 29.7 Å². The van der Waals surface area contributed by atoms with Gasteiger partial charge in [-0.1, -0.05) is 6.07 Å². The highest BCUT2D eigenvalue weighted by molar-refractivity contribution is 5.24. The van der Waals surface area contributed by atoms with Gasteiger partial charge >= 0.3 is 0 Å². The van der Waals surface area contributed by atoms with Crippen molar-refractivity contribution in [3.8, 4) is 0 Å². The van der Waals surface area contributed by atoms with Gasteiger partial charge in [0.05, 0.1) is 6.61 Å². The molecule has 1 rings (SSSR count). The highest BCUT2D eigenvalue weighted by atomic mass is 19.1. The van der Waals surface area contributed by atoms with Gasteiger partial charge in [0, 0.05) is 47.0 Å². The van der Waals surface area contributed by atoms with Crippen molar-refractivity contribution in [2.75, 3.05) is 40.5 Å². The topological polar surface area (TPSA) is 47.7 Å². The van der Waals surface area contributed by atoms with Crippen molar-refractivity contribution in [1.82, 2.24) is 4.90 Å². The smallest absolute Gasteiger partial charge is 0.123 e. The van der Waals surface area contributed by atoms with Gasteiger partial charge in [-0.25, -0.2) is 4.39 Å². The molecule has 0 fully saturated rings. The molecule has 20 heavy (non-hydrogen) atoms. The first kappa shape index (κ1) is 17.0. The Balaban J connectivity index is 2.64. The van der Waals surface area contributed by atoms with E-state index >= 15 is 0 Å². The number of methoxy groups -OCH3 is 2. The molecule has 0 spiro atoms. The van der Waals surface area contributed by atoms with E-state index in [-0.39, 0.29) is 5.82 Å². The quantitative estimate of drug-likeness (QED) is 0.665. The second-order valence-corrected chi connectivity index (χ2v) is 4.79. The van der Waals surface area contributed by atoms with Crippen LogP contribution in [0.25, 0.3) is 0 Å². The molecule has 0 aliphatic carbocycles. The lowest BCUT2D eigenvalue weighted by atomic mass is 10.1. The third kappa shape index (κ3) is 6.43. The molecule has 5 heteroatoms. The van der Waals surface area contributed by atoms with Gasteiger partial charge in [-0.2, -0.15) is 0 Å². The summed E-state index contributed by atoms with van der Waals surface area (Å²) in [4.78, 5) is 2.23. The van der Waals surface area contributed by atoms with Gasteiger partial charge in [0.2, 0.25) is 0 Å². The Kier molecular flexibility index (Phi) is 8.37. The second-order valence-electron chi connectivity index (χ2n) is 4.79. The van der Waals surface area contributed by atoms with Gasteiger partial charge in [0.15, 0.2) is 0 Å². The van der Waals surface area contributed by atoms with E-state index in [1.54, 1.807) is 20.3 Å². The average Bonchev–Trinajstić information content (AvgIpc) is 2.44. The Morgan fingerprint density at radius 1 is 1.05 bits per heavy atom. The highest BCUT2D eigenvalue weighted by Crippen LogP contribution is 2.12. The van der Waals surface area contributed by atoms with E-state index in [1.165, 1.54) is 6.07 Å². The first-order valence-electron chi connectivity index (χ1n) is 6.88. The van der Waals surface area contributed by atoms with Crippen LogP contribution in [0.4, 0.5) is 4.39 Å². The molecule has 0 saturated heterocycles. The van der Waals surface area contributed by atoms with Gasteiger partial charge < -0.3 is 15.2 Å². The SMILES string of the molecule is COCCCN(CCOC)Cc1cc(F)cc(CN)c1. The molecular formula is C15H25FN2O2. The van der Waals surface area contributed by atoms with E-state index in [0.717, 1.165) is 37.2 Å². The molecule has 0 aromatic heterocycles. The van der Waals surface area contributed by atoms with Crippen LogP contribution in [0.5, 0.6) is 0 Å². The molecule has 0 bridgehead atoms. The molecule has 0 heterocycles. The number of nitrogens with two attached hydrogens (primary N) is 1. The van der Waals surface area contributed by atoms with Crippen LogP contribution in [0.3, 0.4) is 0 Å². The summed E-state index contributed by atoms with van der Waals surface area (Å²) < 4.78 is 23.7. The minimum Gasteiger partial charge on any atom is -0.385 e. The summed E-state index contributed by atoms with van der Waals surface area (Å²) in [5.41, 5.74) is 7.35. The Labute approximate surface area is 120 Å². The predicted octanol–water partition coefficient (Wildman–Crippen LogP) is 1.77. The van der Waals surface area contributed by atoms with Gasteiger partial charge in [-0.15, -0.1) is 0 Å². The third-order valence-electron chi connectivity index (χ3n) is 3.09. The molecule has 0 aliphatic rings. The Hall–Kier alpha value is -1.01. The zero-order valence-corrected chi connectivity index (χ0v) is 12.4. The number of hydrogen-bond acceptors (Lipinski definition) is 4. The van der Waals surface area contributed by atoms with Crippen molar-refractivity contribution in [2.45, 2.75) is 19.5 Å². The molecule has 0 aliphatic heterocycles. The van der Waals surface area contributed by atoms with Crippen LogP contribution in [-0.4, -0.2) is 45.4 Å². The fourth-order valence-electron chi connectivity index (χ4n) is 2.11. The molecule has 1 aromatic carbocycles. The van der Waals surface area contributed by atoms with Crippen LogP contribution < -0.4 is 5.73 Å². The van der Waals surface area contributed by atoms with Crippen molar-refractivity contribution < 1.29 is 13.9 Å². The first-order valence-corrected chi connectivity index (χ1v) is 6.88. The standard InChI is InChI=1S/C15H25FN2O2/c1-19-6-3-4-18(5-7-20-2)12-14-8-13(11-17)9-15(16)10-14/h8-10H,3-7,11-12,17H2,1-2H3. The summed E-state index contributed by atoms with van der Waals surface area (Å²) in [7, 11) is 3.38. The zero-order valence-electron chi connectivity index (χ0n) is 12.4. The van der Waals surface area contributed by atoms with Crippen molar-refractivity contribution in [2.24, 2.45) is 5.73 Å². The van der Waals surface area contributed by atoms with Crippen LogP contribution in [0, 0.1) is 5.82 Å². The average molecular weight is 284 g/mol. The molecule has 0 unspecified atom stereocenters. The maximum absolute atomic E-state index is 13.5. The van der Waals surface area contributed by atoms with Crippen molar-refractivity contribution in [3.05, 3.63) is 35.1 Å². The summed E-state index contributed by atoms with van der Waals surface area (Å²) in [5, 5.41) is 0. The molecule has 0 amide bonds. The minimum atomic E-state index is -0.230. The molecule has 0 saturated carbocycles. The number of rotatable bonds is 10. The lowest BCUT2D eigenvalue weighted by molar-refractivity contribution is 0.129. The lowest BCUT2D eigenvalue weighted by Crippen LogP contribution is -2.29. The number of halogens is 1. The number of ether oxygens (including phenoxy) is 2. The van der Waals surface area contributed by atoms with Crippen LogP contribution in [0.1, 0.15) is 17.5 Å². The number of nitrogens with zero attached hydrogens (tertiary/aromatic N) is 1. The van der Waals surface area contributed by atoms with Crippen LogP contribution in [0.15, 0.2) is 18.2 Å². The number of hydrogen-bond donors (Lipinski definition) is 1. The van der Waals surface area contributed by atoms with E-state index < -0.39 is 0 Å². The van der Waals surface area contributed by atoms with Gasteiger partial charge in [-0.3, -0.25) is 4.90 Å². The van der Waals surface area contributed by atoms with Gasteiger partial charge in [0.1, 0.15) is 5.82 Å². The number of benzene rings is 1. The first-order chi connectivity index (χ1) is 9.69. The Morgan fingerprint density at radius 3 is 2.40 bits per heavy atom.